The van der Waals surface area contributed by atoms with Crippen LogP contribution in [0.2, 0.25) is 0 Å². The lowest BCUT2D eigenvalue weighted by molar-refractivity contribution is 0.289. The Balaban J connectivity index is 1.89. The zero-order chi connectivity index (χ0) is 20.7. The van der Waals surface area contributed by atoms with E-state index in [1.54, 1.807) is 12.1 Å². The molecule has 29 heavy (non-hydrogen) atoms. The van der Waals surface area contributed by atoms with Crippen molar-refractivity contribution in [1.82, 2.24) is 18.7 Å². The van der Waals surface area contributed by atoms with E-state index in [0.29, 0.717) is 36.6 Å². The van der Waals surface area contributed by atoms with Gasteiger partial charge in [0.15, 0.2) is 11.2 Å². The summed E-state index contributed by atoms with van der Waals surface area (Å²) in [4.78, 5) is 30.8. The molecule has 1 aromatic carbocycles. The Morgan fingerprint density at radius 3 is 2.55 bits per heavy atom. The van der Waals surface area contributed by atoms with E-state index >= 15 is 0 Å². The molecule has 0 bridgehead atoms. The van der Waals surface area contributed by atoms with Crippen LogP contribution in [0.4, 0.5) is 5.95 Å². The molecule has 1 N–H and O–H groups in total. The van der Waals surface area contributed by atoms with Gasteiger partial charge in [-0.3, -0.25) is 18.5 Å². The highest BCUT2D eigenvalue weighted by molar-refractivity contribution is 5.87. The zero-order valence-electron chi connectivity index (χ0n) is 16.8. The Kier molecular flexibility index (Phi) is 4.83. The zero-order valence-corrected chi connectivity index (χ0v) is 16.8. The number of benzene rings is 1. The molecule has 0 unspecified atom stereocenters. The molecule has 0 fully saturated rings. The number of anilines is 1. The highest BCUT2D eigenvalue weighted by Crippen LogP contribution is 2.23. The Bertz CT molecular complexity index is 1220. The molecule has 1 aliphatic heterocycles. The van der Waals surface area contributed by atoms with Gasteiger partial charge < -0.3 is 5.11 Å². The van der Waals surface area contributed by atoms with Crippen molar-refractivity contribution >= 4 is 22.8 Å². The second-order valence-corrected chi connectivity index (χ2v) is 7.42. The Morgan fingerprint density at radius 1 is 1.14 bits per heavy atom. The SMILES string of the molecule is CC1=NN(CCCO)c2nc3c(c(=O)n(Cc4ccc(C)cc4)c(=O)n3C)n2C1. The lowest BCUT2D eigenvalue weighted by Crippen LogP contribution is -2.40. The van der Waals surface area contributed by atoms with E-state index in [4.69, 9.17) is 5.11 Å². The summed E-state index contributed by atoms with van der Waals surface area (Å²) in [5, 5.41) is 15.3. The molecule has 9 heteroatoms. The maximum atomic E-state index is 13.3. The number of hydrazone groups is 1. The number of aliphatic hydroxyl groups is 1. The quantitative estimate of drug-likeness (QED) is 0.689. The van der Waals surface area contributed by atoms with Crippen LogP contribution >= 0.6 is 0 Å². The molecule has 0 radical (unpaired) electrons. The molecular weight excluding hydrogens is 372 g/mol. The summed E-state index contributed by atoms with van der Waals surface area (Å²) in [6.45, 7) is 5.01. The minimum Gasteiger partial charge on any atom is -0.396 e. The normalized spacial score (nSPS) is 13.7. The minimum atomic E-state index is -0.405. The number of nitrogens with zero attached hydrogens (tertiary/aromatic N) is 6. The number of hydrogen-bond acceptors (Lipinski definition) is 6. The number of fused-ring (bicyclic) bond motifs is 3. The van der Waals surface area contributed by atoms with E-state index in [0.717, 1.165) is 16.8 Å². The predicted octanol–water partition coefficient (Wildman–Crippen LogP) is 0.832. The largest absolute Gasteiger partial charge is 0.396 e. The molecule has 4 rings (SSSR count). The third-order valence-electron chi connectivity index (χ3n) is 5.11. The molecule has 1 aliphatic rings. The smallest absolute Gasteiger partial charge is 0.332 e. The highest BCUT2D eigenvalue weighted by Gasteiger charge is 2.26. The molecule has 0 aliphatic carbocycles. The van der Waals surface area contributed by atoms with E-state index in [9.17, 15) is 9.59 Å². The van der Waals surface area contributed by atoms with Crippen molar-refractivity contribution in [3.05, 3.63) is 56.2 Å². The van der Waals surface area contributed by atoms with E-state index in [2.05, 4.69) is 10.1 Å². The van der Waals surface area contributed by atoms with Crippen molar-refractivity contribution in [1.29, 1.82) is 0 Å². The summed E-state index contributed by atoms with van der Waals surface area (Å²) in [7, 11) is 1.63. The second kappa shape index (κ2) is 7.32. The summed E-state index contributed by atoms with van der Waals surface area (Å²) >= 11 is 0. The Labute approximate surface area is 167 Å². The van der Waals surface area contributed by atoms with Crippen LogP contribution in [0.3, 0.4) is 0 Å². The van der Waals surface area contributed by atoms with Crippen LogP contribution in [-0.2, 0) is 20.1 Å². The van der Waals surface area contributed by atoms with Gasteiger partial charge in [-0.15, -0.1) is 0 Å². The third-order valence-corrected chi connectivity index (χ3v) is 5.11. The van der Waals surface area contributed by atoms with Crippen LogP contribution in [0.15, 0.2) is 39.0 Å². The maximum Gasteiger partial charge on any atom is 0.332 e. The first kappa shape index (κ1) is 19.1. The Hall–Kier alpha value is -3.20. The maximum absolute atomic E-state index is 13.3. The Morgan fingerprint density at radius 2 is 1.86 bits per heavy atom. The molecule has 3 aromatic rings. The fourth-order valence-electron chi connectivity index (χ4n) is 3.60. The second-order valence-electron chi connectivity index (χ2n) is 7.42. The van der Waals surface area contributed by atoms with Gasteiger partial charge in [0.25, 0.3) is 5.56 Å². The van der Waals surface area contributed by atoms with Gasteiger partial charge in [-0.25, -0.2) is 9.80 Å². The van der Waals surface area contributed by atoms with Crippen molar-refractivity contribution in [2.24, 2.45) is 12.1 Å². The average molecular weight is 396 g/mol. The van der Waals surface area contributed by atoms with Crippen LogP contribution in [-0.4, -0.2) is 42.7 Å². The molecular formula is C20H24N6O3. The number of aliphatic hydroxyl groups excluding tert-OH is 1. The predicted molar refractivity (Wildman–Crippen MR) is 112 cm³/mol. The van der Waals surface area contributed by atoms with Crippen molar-refractivity contribution < 1.29 is 5.11 Å². The third kappa shape index (κ3) is 3.27. The number of rotatable bonds is 5. The number of imidazole rings is 1. The number of hydrogen-bond donors (Lipinski definition) is 1. The topological polar surface area (TPSA) is 97.7 Å². The van der Waals surface area contributed by atoms with Gasteiger partial charge in [0.1, 0.15) is 0 Å². The van der Waals surface area contributed by atoms with E-state index in [-0.39, 0.29) is 18.7 Å². The molecule has 152 valence electrons. The summed E-state index contributed by atoms with van der Waals surface area (Å²) < 4.78 is 4.47. The van der Waals surface area contributed by atoms with E-state index < -0.39 is 5.69 Å². The average Bonchev–Trinajstić information content (AvgIpc) is 3.08. The fraction of sp³-hybridized carbons (Fsp3) is 0.400. The summed E-state index contributed by atoms with van der Waals surface area (Å²) in [6.07, 6.45) is 0.524. The first-order chi connectivity index (χ1) is 13.9. The molecule has 0 saturated carbocycles. The molecule has 3 heterocycles. The lowest BCUT2D eigenvalue weighted by atomic mass is 10.1. The van der Waals surface area contributed by atoms with Crippen molar-refractivity contribution in [2.75, 3.05) is 18.2 Å². The van der Waals surface area contributed by atoms with Crippen LogP contribution in [0, 0.1) is 6.92 Å². The first-order valence-electron chi connectivity index (χ1n) is 9.58. The number of aryl methyl sites for hydroxylation is 2. The standard InChI is InChI=1S/C20H24N6O3/c1-13-5-7-15(8-6-13)12-25-18(28)16-17(23(3)20(25)29)21-19-24(16)11-14(2)22-26(19)9-4-10-27/h5-8,27H,4,9-12H2,1-3H3. The summed E-state index contributed by atoms with van der Waals surface area (Å²) in [5.74, 6) is 0.513. The molecule has 0 saturated heterocycles. The van der Waals surface area contributed by atoms with Gasteiger partial charge in [-0.2, -0.15) is 10.1 Å². The first-order valence-corrected chi connectivity index (χ1v) is 9.58. The molecule has 0 atom stereocenters. The van der Waals surface area contributed by atoms with Gasteiger partial charge in [0.05, 0.1) is 18.8 Å². The summed E-state index contributed by atoms with van der Waals surface area (Å²) in [6, 6.07) is 7.77. The number of aromatic nitrogens is 4. The van der Waals surface area contributed by atoms with Gasteiger partial charge in [-0.05, 0) is 25.8 Å². The van der Waals surface area contributed by atoms with Crippen molar-refractivity contribution in [3.63, 3.8) is 0 Å². The monoisotopic (exact) mass is 396 g/mol. The van der Waals surface area contributed by atoms with Crippen LogP contribution in [0.1, 0.15) is 24.5 Å². The molecule has 2 aromatic heterocycles. The van der Waals surface area contributed by atoms with Gasteiger partial charge in [0, 0.05) is 20.2 Å². The summed E-state index contributed by atoms with van der Waals surface area (Å²) in [5.41, 5.74) is 2.79. The van der Waals surface area contributed by atoms with Crippen LogP contribution in [0.25, 0.3) is 11.2 Å². The minimum absolute atomic E-state index is 0.0349. The molecule has 9 nitrogen and oxygen atoms in total. The van der Waals surface area contributed by atoms with Gasteiger partial charge in [0.2, 0.25) is 5.95 Å². The highest BCUT2D eigenvalue weighted by atomic mass is 16.3. The molecule has 0 spiro atoms. The fourth-order valence-corrected chi connectivity index (χ4v) is 3.60. The lowest BCUT2D eigenvalue weighted by Gasteiger charge is -2.24. The van der Waals surface area contributed by atoms with E-state index in [1.807, 2.05) is 42.7 Å². The van der Waals surface area contributed by atoms with Gasteiger partial charge >= 0.3 is 5.69 Å². The molecule has 0 amide bonds. The van der Waals surface area contributed by atoms with Crippen LogP contribution in [0.5, 0.6) is 0 Å². The van der Waals surface area contributed by atoms with E-state index in [1.165, 1.54) is 9.13 Å². The van der Waals surface area contributed by atoms with Crippen LogP contribution < -0.4 is 16.3 Å². The van der Waals surface area contributed by atoms with Crippen molar-refractivity contribution in [2.45, 2.75) is 33.4 Å². The van der Waals surface area contributed by atoms with Gasteiger partial charge in [-0.1, -0.05) is 29.8 Å². The van der Waals surface area contributed by atoms with Crippen molar-refractivity contribution in [3.8, 4) is 0 Å².